The van der Waals surface area contributed by atoms with Gasteiger partial charge in [0.15, 0.2) is 5.96 Å². The van der Waals surface area contributed by atoms with Crippen LogP contribution in [-0.4, -0.2) is 97.9 Å². The summed E-state index contributed by atoms with van der Waals surface area (Å²) in [7, 11) is 0. The van der Waals surface area contributed by atoms with Crippen molar-refractivity contribution in [1.29, 1.82) is 0 Å². The van der Waals surface area contributed by atoms with Crippen molar-refractivity contribution in [2.24, 2.45) is 16.6 Å². The van der Waals surface area contributed by atoms with Gasteiger partial charge in [0.2, 0.25) is 0 Å². The van der Waals surface area contributed by atoms with Crippen molar-refractivity contribution in [2.75, 3.05) is 65.6 Å². The summed E-state index contributed by atoms with van der Waals surface area (Å²) in [6.07, 6.45) is -0.258. The molecule has 2 rings (SSSR count). The van der Waals surface area contributed by atoms with Crippen LogP contribution in [0.3, 0.4) is 0 Å². The minimum atomic E-state index is -0.467. The number of hydrogen-bond acceptors (Lipinski definition) is 5. The number of aliphatic imine (C=N–C) groups is 1. The van der Waals surface area contributed by atoms with E-state index in [4.69, 9.17) is 15.2 Å². The number of carbonyl (C=O) groups is 1. The Balaban J connectivity index is 0.00000364. The Bertz CT molecular complexity index is 484. The average molecular weight is 497 g/mol. The Hall–Kier alpha value is -0.810. The summed E-state index contributed by atoms with van der Waals surface area (Å²) in [6, 6.07) is 0. The fraction of sp³-hybridized carbons (Fsp3) is 0.889. The van der Waals surface area contributed by atoms with Crippen molar-refractivity contribution < 1.29 is 14.3 Å². The van der Waals surface area contributed by atoms with Crippen LogP contribution >= 0.6 is 24.0 Å². The molecule has 8 nitrogen and oxygen atoms in total. The first-order valence-electron chi connectivity index (χ1n) is 9.57. The molecule has 1 atom stereocenters. The summed E-state index contributed by atoms with van der Waals surface area (Å²) in [4.78, 5) is 22.9. The van der Waals surface area contributed by atoms with Gasteiger partial charge in [0.25, 0.3) is 0 Å². The Morgan fingerprint density at radius 1 is 1.11 bits per heavy atom. The zero-order valence-corrected chi connectivity index (χ0v) is 19.5. The average Bonchev–Trinajstić information content (AvgIpc) is 2.59. The Kier molecular flexibility index (Phi) is 10.1. The molecule has 1 unspecified atom stereocenters. The first-order valence-corrected chi connectivity index (χ1v) is 9.57. The number of nitrogens with zero attached hydrogens (tertiary/aromatic N) is 4. The molecule has 0 radical (unpaired) electrons. The highest BCUT2D eigenvalue weighted by Gasteiger charge is 2.26. The van der Waals surface area contributed by atoms with Crippen LogP contribution in [0.2, 0.25) is 0 Å². The largest absolute Gasteiger partial charge is 0.444 e. The Morgan fingerprint density at radius 2 is 1.67 bits per heavy atom. The van der Waals surface area contributed by atoms with Crippen molar-refractivity contribution in [1.82, 2.24) is 14.7 Å². The van der Waals surface area contributed by atoms with E-state index >= 15 is 0 Å². The van der Waals surface area contributed by atoms with E-state index in [-0.39, 0.29) is 30.1 Å². The van der Waals surface area contributed by atoms with Gasteiger partial charge in [-0.2, -0.15) is 0 Å². The van der Waals surface area contributed by atoms with Gasteiger partial charge in [0.05, 0.1) is 13.2 Å². The molecule has 9 heteroatoms. The van der Waals surface area contributed by atoms with Crippen LogP contribution in [0.15, 0.2) is 4.99 Å². The Labute approximate surface area is 180 Å². The standard InChI is InChI=1S/C18H35N5O3.HI/c1-15(14-21-9-11-25-12-10-21)13-20-16(19)22-5-7-23(8-6-22)17(24)26-18(2,3)4;/h15H,5-14H2,1-4H3,(H2,19,20);1H. The van der Waals surface area contributed by atoms with E-state index in [2.05, 4.69) is 16.8 Å². The van der Waals surface area contributed by atoms with E-state index in [0.29, 0.717) is 38.1 Å². The molecular formula is C18H36IN5O3. The fourth-order valence-corrected chi connectivity index (χ4v) is 3.08. The number of halogens is 1. The smallest absolute Gasteiger partial charge is 0.410 e. The third-order valence-electron chi connectivity index (χ3n) is 4.49. The predicted molar refractivity (Wildman–Crippen MR) is 118 cm³/mol. The third-order valence-corrected chi connectivity index (χ3v) is 4.49. The second kappa shape index (κ2) is 11.3. The quantitative estimate of drug-likeness (QED) is 0.360. The molecule has 2 saturated heterocycles. The van der Waals surface area contributed by atoms with Gasteiger partial charge >= 0.3 is 6.09 Å². The molecule has 27 heavy (non-hydrogen) atoms. The second-order valence-corrected chi connectivity index (χ2v) is 8.17. The van der Waals surface area contributed by atoms with E-state index < -0.39 is 5.60 Å². The van der Waals surface area contributed by atoms with Crippen molar-refractivity contribution in [3.8, 4) is 0 Å². The molecular weight excluding hydrogens is 461 g/mol. The predicted octanol–water partition coefficient (Wildman–Crippen LogP) is 1.44. The molecule has 2 N–H and O–H groups in total. The van der Waals surface area contributed by atoms with E-state index in [1.807, 2.05) is 25.7 Å². The lowest BCUT2D eigenvalue weighted by molar-refractivity contribution is 0.0186. The van der Waals surface area contributed by atoms with Gasteiger partial charge in [-0.15, -0.1) is 24.0 Å². The molecule has 0 aromatic heterocycles. The maximum atomic E-state index is 12.1. The van der Waals surface area contributed by atoms with Gasteiger partial charge in [-0.05, 0) is 26.7 Å². The van der Waals surface area contributed by atoms with E-state index in [1.165, 1.54) is 0 Å². The van der Waals surface area contributed by atoms with Gasteiger partial charge in [0, 0.05) is 52.4 Å². The van der Waals surface area contributed by atoms with E-state index in [9.17, 15) is 4.79 Å². The van der Waals surface area contributed by atoms with Crippen LogP contribution in [0.25, 0.3) is 0 Å². The molecule has 0 bridgehead atoms. The molecule has 2 heterocycles. The van der Waals surface area contributed by atoms with Gasteiger partial charge in [-0.1, -0.05) is 6.92 Å². The number of ether oxygens (including phenoxy) is 2. The van der Waals surface area contributed by atoms with Crippen LogP contribution in [-0.2, 0) is 9.47 Å². The van der Waals surface area contributed by atoms with Crippen LogP contribution < -0.4 is 5.73 Å². The van der Waals surface area contributed by atoms with E-state index in [1.54, 1.807) is 4.90 Å². The number of morpholine rings is 1. The van der Waals surface area contributed by atoms with Crippen LogP contribution in [0.5, 0.6) is 0 Å². The van der Waals surface area contributed by atoms with Crippen LogP contribution in [0, 0.1) is 5.92 Å². The molecule has 1 amide bonds. The number of piperazine rings is 1. The van der Waals surface area contributed by atoms with Crippen LogP contribution in [0.4, 0.5) is 4.79 Å². The minimum absolute atomic E-state index is 0. The maximum absolute atomic E-state index is 12.1. The first kappa shape index (κ1) is 24.2. The van der Waals surface area contributed by atoms with E-state index in [0.717, 1.165) is 39.4 Å². The molecule has 0 aromatic carbocycles. The fourth-order valence-electron chi connectivity index (χ4n) is 3.08. The summed E-state index contributed by atoms with van der Waals surface area (Å²) in [5.41, 5.74) is 5.69. The molecule has 0 spiro atoms. The maximum Gasteiger partial charge on any atom is 0.410 e. The SMILES string of the molecule is CC(CN=C(N)N1CCN(C(=O)OC(C)(C)C)CC1)CN1CCOCC1.I. The molecule has 0 aromatic rings. The second-order valence-electron chi connectivity index (χ2n) is 8.17. The number of nitrogens with two attached hydrogens (primary N) is 1. The van der Waals surface area contributed by atoms with Gasteiger partial charge in [-0.3, -0.25) is 9.89 Å². The molecule has 0 saturated carbocycles. The molecule has 2 aliphatic heterocycles. The molecule has 158 valence electrons. The lowest BCUT2D eigenvalue weighted by Crippen LogP contribution is -2.53. The molecule has 0 aliphatic carbocycles. The summed E-state index contributed by atoms with van der Waals surface area (Å²) >= 11 is 0. The summed E-state index contributed by atoms with van der Waals surface area (Å²) in [5, 5.41) is 0. The highest BCUT2D eigenvalue weighted by atomic mass is 127. The van der Waals surface area contributed by atoms with Gasteiger partial charge in [0.1, 0.15) is 5.60 Å². The van der Waals surface area contributed by atoms with Gasteiger partial charge in [-0.25, -0.2) is 4.79 Å². The monoisotopic (exact) mass is 497 g/mol. The third kappa shape index (κ3) is 8.82. The zero-order chi connectivity index (χ0) is 19.2. The molecule has 2 fully saturated rings. The minimum Gasteiger partial charge on any atom is -0.444 e. The number of hydrogen-bond donors (Lipinski definition) is 1. The zero-order valence-electron chi connectivity index (χ0n) is 17.1. The summed E-state index contributed by atoms with van der Waals surface area (Å²) in [5.74, 6) is 1.03. The highest BCUT2D eigenvalue weighted by molar-refractivity contribution is 14.0. The normalized spacial score (nSPS) is 20.8. The van der Waals surface area contributed by atoms with Crippen molar-refractivity contribution in [2.45, 2.75) is 33.3 Å². The van der Waals surface area contributed by atoms with Gasteiger partial charge < -0.3 is 25.0 Å². The van der Waals surface area contributed by atoms with Crippen molar-refractivity contribution >= 4 is 36.0 Å². The highest BCUT2D eigenvalue weighted by Crippen LogP contribution is 2.12. The number of rotatable bonds is 4. The lowest BCUT2D eigenvalue weighted by Gasteiger charge is -2.36. The Morgan fingerprint density at radius 3 is 2.22 bits per heavy atom. The number of carbonyl (C=O) groups excluding carboxylic acids is 1. The summed E-state index contributed by atoms with van der Waals surface area (Å²) < 4.78 is 10.8. The summed E-state index contributed by atoms with van der Waals surface area (Å²) in [6.45, 7) is 15.8. The van der Waals surface area contributed by atoms with Crippen molar-refractivity contribution in [3.63, 3.8) is 0 Å². The molecule has 2 aliphatic rings. The number of amides is 1. The number of guanidine groups is 1. The first-order chi connectivity index (χ1) is 12.2. The lowest BCUT2D eigenvalue weighted by atomic mass is 10.1. The van der Waals surface area contributed by atoms with Crippen LogP contribution in [0.1, 0.15) is 27.7 Å². The topological polar surface area (TPSA) is 83.6 Å². The van der Waals surface area contributed by atoms with Crippen molar-refractivity contribution in [3.05, 3.63) is 0 Å².